The summed E-state index contributed by atoms with van der Waals surface area (Å²) in [6.45, 7) is 1.65. The van der Waals surface area contributed by atoms with Crippen LogP contribution in [0.3, 0.4) is 0 Å². The maximum absolute atomic E-state index is 12.8. The molecule has 0 bridgehead atoms. The third kappa shape index (κ3) is 3.92. The van der Waals surface area contributed by atoms with Gasteiger partial charge in [-0.2, -0.15) is 0 Å². The van der Waals surface area contributed by atoms with Gasteiger partial charge in [0.1, 0.15) is 5.82 Å². The zero-order chi connectivity index (χ0) is 17.7. The molecule has 0 aromatic heterocycles. The van der Waals surface area contributed by atoms with Gasteiger partial charge in [0.05, 0.1) is 22.9 Å². The maximum atomic E-state index is 12.8. The Morgan fingerprint density at radius 1 is 1.38 bits per heavy atom. The van der Waals surface area contributed by atoms with E-state index in [0.29, 0.717) is 5.56 Å². The van der Waals surface area contributed by atoms with Gasteiger partial charge < -0.3 is 10.5 Å². The minimum absolute atomic E-state index is 0.0693. The molecule has 0 radical (unpaired) electrons. The molecule has 2 rings (SSSR count). The smallest absolute Gasteiger partial charge is 0.347 e. The van der Waals surface area contributed by atoms with Crippen molar-refractivity contribution in [3.8, 4) is 0 Å². The van der Waals surface area contributed by atoms with Crippen LogP contribution >= 0.6 is 0 Å². The van der Waals surface area contributed by atoms with Gasteiger partial charge >= 0.3 is 5.97 Å². The highest BCUT2D eigenvalue weighted by atomic mass is 19.1. The van der Waals surface area contributed by atoms with E-state index in [1.165, 1.54) is 36.5 Å². The van der Waals surface area contributed by atoms with Gasteiger partial charge in [0.25, 0.3) is 5.69 Å². The molecule has 8 heteroatoms. The first kappa shape index (κ1) is 17.1. The second-order valence-corrected chi connectivity index (χ2v) is 4.72. The Morgan fingerprint density at radius 3 is 2.62 bits per heavy atom. The Morgan fingerprint density at radius 2 is 2.04 bits per heavy atom. The summed E-state index contributed by atoms with van der Waals surface area (Å²) in [5, 5.41) is 11.2. The first-order chi connectivity index (χ1) is 11.4. The number of halogens is 1. The molecule has 124 valence electrons. The van der Waals surface area contributed by atoms with Crippen LogP contribution in [0.2, 0.25) is 0 Å². The average molecular weight is 331 g/mol. The number of anilines is 1. The van der Waals surface area contributed by atoms with Crippen molar-refractivity contribution in [2.24, 2.45) is 4.99 Å². The number of nitro groups is 1. The van der Waals surface area contributed by atoms with Gasteiger partial charge in [-0.3, -0.25) is 15.1 Å². The van der Waals surface area contributed by atoms with E-state index in [1.54, 1.807) is 6.92 Å². The topological polar surface area (TPSA) is 108 Å². The Hall–Kier alpha value is -3.29. The number of hydrogen-bond donors (Lipinski definition) is 1. The van der Waals surface area contributed by atoms with Crippen LogP contribution < -0.4 is 5.73 Å². The summed E-state index contributed by atoms with van der Waals surface area (Å²) in [5.41, 5.74) is 5.65. The van der Waals surface area contributed by atoms with Gasteiger partial charge in [0.15, 0.2) is 5.56 Å². The van der Waals surface area contributed by atoms with Gasteiger partial charge in [-0.1, -0.05) is 12.1 Å². The molecule has 24 heavy (non-hydrogen) atoms. The summed E-state index contributed by atoms with van der Waals surface area (Å²) < 4.78 is 17.6. The van der Waals surface area contributed by atoms with Gasteiger partial charge in [-0.25, -0.2) is 9.18 Å². The number of nitrogens with two attached hydrogens (primary N) is 1. The fourth-order valence-electron chi connectivity index (χ4n) is 1.98. The van der Waals surface area contributed by atoms with E-state index in [9.17, 15) is 19.3 Å². The molecule has 2 aromatic carbocycles. The molecule has 0 saturated carbocycles. The highest BCUT2D eigenvalue weighted by Gasteiger charge is 2.25. The van der Waals surface area contributed by atoms with Crippen molar-refractivity contribution in [2.45, 2.75) is 6.92 Å². The Labute approximate surface area is 136 Å². The molecule has 0 atom stereocenters. The van der Waals surface area contributed by atoms with Gasteiger partial charge in [-0.05, 0) is 30.7 Å². The van der Waals surface area contributed by atoms with E-state index in [-0.39, 0.29) is 29.4 Å². The molecule has 2 N–H and O–H groups in total. The lowest BCUT2D eigenvalue weighted by molar-refractivity contribution is -0.385. The molecule has 0 heterocycles. The largest absolute Gasteiger partial charge is 0.462 e. The normalized spacial score (nSPS) is 10.8. The van der Waals surface area contributed by atoms with Gasteiger partial charge in [0.2, 0.25) is 0 Å². The van der Waals surface area contributed by atoms with Crippen LogP contribution in [0.4, 0.5) is 21.5 Å². The first-order valence-corrected chi connectivity index (χ1v) is 6.97. The number of aliphatic imine (C=N–C) groups is 1. The van der Waals surface area contributed by atoms with Crippen molar-refractivity contribution in [2.75, 3.05) is 12.3 Å². The second-order valence-electron chi connectivity index (χ2n) is 4.72. The second kappa shape index (κ2) is 7.32. The summed E-state index contributed by atoms with van der Waals surface area (Å²) in [6, 6.07) is 8.00. The van der Waals surface area contributed by atoms with Crippen LogP contribution in [-0.4, -0.2) is 23.7 Å². The van der Waals surface area contributed by atoms with E-state index in [4.69, 9.17) is 10.5 Å². The van der Waals surface area contributed by atoms with E-state index in [2.05, 4.69) is 4.99 Å². The maximum Gasteiger partial charge on any atom is 0.347 e. The lowest BCUT2D eigenvalue weighted by atomic mass is 10.1. The molecule has 0 aliphatic rings. The molecule has 0 aliphatic carbocycles. The predicted molar refractivity (Wildman–Crippen MR) is 87.1 cm³/mol. The van der Waals surface area contributed by atoms with Crippen molar-refractivity contribution >= 4 is 29.2 Å². The Bertz CT molecular complexity index is 804. The third-order valence-corrected chi connectivity index (χ3v) is 3.04. The van der Waals surface area contributed by atoms with E-state index in [1.807, 2.05) is 0 Å². The zero-order valence-corrected chi connectivity index (χ0v) is 12.7. The fourth-order valence-corrected chi connectivity index (χ4v) is 1.98. The molecule has 0 spiro atoms. The molecule has 7 nitrogen and oxygen atoms in total. The monoisotopic (exact) mass is 331 g/mol. The zero-order valence-electron chi connectivity index (χ0n) is 12.7. The highest BCUT2D eigenvalue weighted by Crippen LogP contribution is 2.31. The summed E-state index contributed by atoms with van der Waals surface area (Å²) in [7, 11) is 0. The number of benzene rings is 2. The molecule has 0 unspecified atom stereocenters. The van der Waals surface area contributed by atoms with E-state index in [0.717, 1.165) is 6.07 Å². The molecule has 0 aliphatic heterocycles. The van der Waals surface area contributed by atoms with Gasteiger partial charge in [-0.15, -0.1) is 0 Å². The number of nitrogens with zero attached hydrogens (tertiary/aromatic N) is 2. The summed E-state index contributed by atoms with van der Waals surface area (Å²) >= 11 is 0. The Balaban J connectivity index is 2.40. The summed E-state index contributed by atoms with van der Waals surface area (Å²) in [5.74, 6) is -1.25. The number of rotatable bonds is 5. The van der Waals surface area contributed by atoms with E-state index < -0.39 is 16.6 Å². The minimum atomic E-state index is -0.865. The van der Waals surface area contributed by atoms with Crippen molar-refractivity contribution < 1.29 is 18.8 Å². The number of carbonyl (C=O) groups excluding carboxylic acids is 1. The SMILES string of the molecule is CCOC(=O)c1c(N)cc(N=Cc2ccc(F)cc2)cc1[N+](=O)[O-]. The number of hydrogen-bond acceptors (Lipinski definition) is 6. The Kier molecular flexibility index (Phi) is 5.20. The number of esters is 1. The number of ether oxygens (including phenoxy) is 1. The molecule has 2 aromatic rings. The molecule has 0 amide bonds. The highest BCUT2D eigenvalue weighted by molar-refractivity contribution is 6.00. The molecule has 0 fully saturated rings. The first-order valence-electron chi connectivity index (χ1n) is 6.97. The van der Waals surface area contributed by atoms with Crippen molar-refractivity contribution in [3.63, 3.8) is 0 Å². The lowest BCUT2D eigenvalue weighted by Gasteiger charge is -2.07. The average Bonchev–Trinajstić information content (AvgIpc) is 2.53. The van der Waals surface area contributed by atoms with Crippen LogP contribution in [0.5, 0.6) is 0 Å². The predicted octanol–water partition coefficient (Wildman–Crippen LogP) is 3.24. The van der Waals surface area contributed by atoms with Crippen molar-refractivity contribution in [1.29, 1.82) is 0 Å². The molecular weight excluding hydrogens is 317 g/mol. The number of carbonyl (C=O) groups is 1. The van der Waals surface area contributed by atoms with Gasteiger partial charge in [0, 0.05) is 12.3 Å². The third-order valence-electron chi connectivity index (χ3n) is 3.04. The molecular formula is C16H14FN3O4. The lowest BCUT2D eigenvalue weighted by Crippen LogP contribution is -2.11. The summed E-state index contributed by atoms with van der Waals surface area (Å²) in [4.78, 5) is 26.4. The van der Waals surface area contributed by atoms with Crippen molar-refractivity contribution in [3.05, 3.63) is 63.5 Å². The number of nitrogen functional groups attached to an aromatic ring is 1. The van der Waals surface area contributed by atoms with Crippen LogP contribution in [-0.2, 0) is 4.74 Å². The standard InChI is InChI=1S/C16H14FN3O4/c1-2-24-16(21)15-13(18)7-12(8-14(15)20(22)23)19-9-10-3-5-11(17)6-4-10/h3-9H,2,18H2,1H3. The van der Waals surface area contributed by atoms with E-state index >= 15 is 0 Å². The van der Waals surface area contributed by atoms with Crippen LogP contribution in [0.1, 0.15) is 22.8 Å². The van der Waals surface area contributed by atoms with Crippen molar-refractivity contribution in [1.82, 2.24) is 0 Å². The summed E-state index contributed by atoms with van der Waals surface area (Å²) in [6.07, 6.45) is 1.40. The fraction of sp³-hybridized carbons (Fsp3) is 0.125. The molecule has 0 saturated heterocycles. The van der Waals surface area contributed by atoms with Crippen LogP contribution in [0, 0.1) is 15.9 Å². The van der Waals surface area contributed by atoms with Crippen LogP contribution in [0.25, 0.3) is 0 Å². The minimum Gasteiger partial charge on any atom is -0.462 e. The van der Waals surface area contributed by atoms with Crippen LogP contribution in [0.15, 0.2) is 41.4 Å². The quantitative estimate of drug-likeness (QED) is 0.297. The number of nitro benzene ring substituents is 1.